The van der Waals surface area contributed by atoms with Gasteiger partial charge in [-0.15, -0.1) is 0 Å². The maximum absolute atomic E-state index is 12.7. The Morgan fingerprint density at radius 1 is 1.00 bits per heavy atom. The summed E-state index contributed by atoms with van der Waals surface area (Å²) in [7, 11) is 0. The van der Waals surface area contributed by atoms with Gasteiger partial charge >= 0.3 is 6.09 Å². The van der Waals surface area contributed by atoms with Gasteiger partial charge in [0, 0.05) is 31.7 Å². The summed E-state index contributed by atoms with van der Waals surface area (Å²) in [5.74, 6) is 0.0808. The molecule has 0 radical (unpaired) electrons. The van der Waals surface area contributed by atoms with Gasteiger partial charge in [0.15, 0.2) is 0 Å². The van der Waals surface area contributed by atoms with Crippen LogP contribution in [0.25, 0.3) is 17.2 Å². The summed E-state index contributed by atoms with van der Waals surface area (Å²) in [6.07, 6.45) is 8.42. The third-order valence-corrected chi connectivity index (χ3v) is 7.47. The van der Waals surface area contributed by atoms with Gasteiger partial charge in [-0.1, -0.05) is 42.5 Å². The third-order valence-electron chi connectivity index (χ3n) is 7.47. The van der Waals surface area contributed by atoms with Crippen LogP contribution in [0, 0.1) is 5.41 Å². The highest BCUT2D eigenvalue weighted by molar-refractivity contribution is 5.95. The van der Waals surface area contributed by atoms with E-state index in [4.69, 9.17) is 4.74 Å². The first-order chi connectivity index (χ1) is 17.1. The van der Waals surface area contributed by atoms with Crippen LogP contribution in [-0.2, 0) is 11.2 Å². The molecule has 1 aliphatic carbocycles. The van der Waals surface area contributed by atoms with Crippen LogP contribution in [0.3, 0.4) is 0 Å². The molecule has 4 rings (SSSR count). The topological polar surface area (TPSA) is 49.9 Å². The first-order valence-electron chi connectivity index (χ1n) is 13.3. The van der Waals surface area contributed by atoms with E-state index in [2.05, 4.69) is 42.5 Å². The SMILES string of the molecule is CCN(CC)C(=O)c1ccc(-c2cccc3c2C=CC2(CCCN(C(=O)OC(C)(C)C)CC2)C3)cc1. The van der Waals surface area contributed by atoms with Crippen molar-refractivity contribution in [2.45, 2.75) is 65.9 Å². The number of hydrogen-bond donors (Lipinski definition) is 0. The van der Waals surface area contributed by atoms with Crippen molar-refractivity contribution >= 4 is 18.1 Å². The highest BCUT2D eigenvalue weighted by Crippen LogP contribution is 2.43. The lowest BCUT2D eigenvalue weighted by Gasteiger charge is -2.34. The number of fused-ring (bicyclic) bond motifs is 1. The largest absolute Gasteiger partial charge is 0.444 e. The van der Waals surface area contributed by atoms with Crippen LogP contribution in [0.2, 0.25) is 0 Å². The zero-order chi connectivity index (χ0) is 25.9. The van der Waals surface area contributed by atoms with Gasteiger partial charge in [-0.25, -0.2) is 4.79 Å². The smallest absolute Gasteiger partial charge is 0.410 e. The predicted molar refractivity (Wildman–Crippen MR) is 146 cm³/mol. The first-order valence-corrected chi connectivity index (χ1v) is 13.3. The minimum atomic E-state index is -0.474. The molecular weight excluding hydrogens is 448 g/mol. The minimum Gasteiger partial charge on any atom is -0.444 e. The van der Waals surface area contributed by atoms with Gasteiger partial charge in [0.25, 0.3) is 5.91 Å². The van der Waals surface area contributed by atoms with E-state index in [1.54, 1.807) is 0 Å². The predicted octanol–water partition coefficient (Wildman–Crippen LogP) is 6.81. The van der Waals surface area contributed by atoms with Crippen molar-refractivity contribution in [1.29, 1.82) is 0 Å². The van der Waals surface area contributed by atoms with Crippen LogP contribution in [0.1, 0.15) is 75.4 Å². The highest BCUT2D eigenvalue weighted by Gasteiger charge is 2.35. The lowest BCUT2D eigenvalue weighted by molar-refractivity contribution is 0.0253. The monoisotopic (exact) mass is 488 g/mol. The van der Waals surface area contributed by atoms with Crippen LogP contribution in [-0.4, -0.2) is 53.6 Å². The summed E-state index contributed by atoms with van der Waals surface area (Å²) in [6, 6.07) is 14.6. The standard InChI is InChI=1S/C31H40N2O3/c1-6-32(7-2)28(34)24-14-12-23(13-15-24)26-11-8-10-25-22-31(18-16-27(25)26)17-9-20-33(21-19-31)29(35)36-30(3,4)5/h8,10-16,18H,6-7,9,17,19-22H2,1-5H3. The van der Waals surface area contributed by atoms with Crippen molar-refractivity contribution in [3.8, 4) is 11.1 Å². The number of hydrogen-bond acceptors (Lipinski definition) is 3. The van der Waals surface area contributed by atoms with Gasteiger partial charge in [-0.05, 0) is 100 Å². The number of amides is 2. The van der Waals surface area contributed by atoms with Crippen LogP contribution in [0.5, 0.6) is 0 Å². The molecule has 0 bridgehead atoms. The summed E-state index contributed by atoms with van der Waals surface area (Å²) in [4.78, 5) is 29.1. The number of carbonyl (C=O) groups excluding carboxylic acids is 2. The second-order valence-corrected chi connectivity index (χ2v) is 11.1. The van der Waals surface area contributed by atoms with Crippen molar-refractivity contribution < 1.29 is 14.3 Å². The Balaban J connectivity index is 1.51. The van der Waals surface area contributed by atoms with Crippen molar-refractivity contribution in [2.24, 2.45) is 5.41 Å². The molecule has 1 atom stereocenters. The molecule has 0 aromatic heterocycles. The molecule has 1 aliphatic heterocycles. The van der Waals surface area contributed by atoms with Gasteiger partial charge in [0.2, 0.25) is 0 Å². The second kappa shape index (κ2) is 10.5. The summed E-state index contributed by atoms with van der Waals surface area (Å²) in [5.41, 5.74) is 5.27. The molecule has 2 amide bonds. The molecule has 5 heteroatoms. The minimum absolute atomic E-state index is 0.0719. The Morgan fingerprint density at radius 2 is 1.72 bits per heavy atom. The van der Waals surface area contributed by atoms with E-state index in [0.29, 0.717) is 13.1 Å². The van der Waals surface area contributed by atoms with Gasteiger partial charge in [-0.2, -0.15) is 0 Å². The van der Waals surface area contributed by atoms with Crippen molar-refractivity contribution in [1.82, 2.24) is 9.80 Å². The van der Waals surface area contributed by atoms with E-state index >= 15 is 0 Å². The molecule has 1 spiro atoms. The van der Waals surface area contributed by atoms with Crippen molar-refractivity contribution in [3.63, 3.8) is 0 Å². The Morgan fingerprint density at radius 3 is 2.39 bits per heavy atom. The molecule has 1 saturated heterocycles. The fraction of sp³-hybridized carbons (Fsp3) is 0.484. The summed E-state index contributed by atoms with van der Waals surface area (Å²) < 4.78 is 5.62. The van der Waals surface area contributed by atoms with Crippen LogP contribution >= 0.6 is 0 Å². The van der Waals surface area contributed by atoms with Gasteiger partial charge < -0.3 is 14.5 Å². The van der Waals surface area contributed by atoms with E-state index in [1.807, 2.05) is 56.6 Å². The normalized spacial score (nSPS) is 19.5. The zero-order valence-electron chi connectivity index (χ0n) is 22.5. The number of allylic oxidation sites excluding steroid dienone is 1. The van der Waals surface area contributed by atoms with E-state index in [-0.39, 0.29) is 17.4 Å². The molecular formula is C31H40N2O3. The molecule has 2 aliphatic rings. The molecule has 1 unspecified atom stereocenters. The number of nitrogens with zero attached hydrogens (tertiary/aromatic N) is 2. The van der Waals surface area contributed by atoms with Gasteiger partial charge in [0.1, 0.15) is 5.60 Å². The Labute approximate surface area is 216 Å². The molecule has 36 heavy (non-hydrogen) atoms. The highest BCUT2D eigenvalue weighted by atomic mass is 16.6. The Bertz CT molecular complexity index is 1130. The first kappa shape index (κ1) is 26.0. The van der Waals surface area contributed by atoms with Gasteiger partial charge in [-0.3, -0.25) is 4.79 Å². The maximum Gasteiger partial charge on any atom is 0.410 e. The molecule has 0 N–H and O–H groups in total. The Kier molecular flexibility index (Phi) is 7.58. The Hall–Kier alpha value is -3.08. The molecule has 1 fully saturated rings. The molecule has 5 nitrogen and oxygen atoms in total. The number of ether oxygens (including phenoxy) is 1. The lowest BCUT2D eigenvalue weighted by Crippen LogP contribution is -2.38. The average Bonchev–Trinajstić information content (AvgIpc) is 3.06. The summed E-state index contributed by atoms with van der Waals surface area (Å²) in [5, 5.41) is 0. The van der Waals surface area contributed by atoms with E-state index in [0.717, 1.165) is 49.9 Å². The number of rotatable bonds is 4. The van der Waals surface area contributed by atoms with Crippen molar-refractivity contribution in [2.75, 3.05) is 26.2 Å². The van der Waals surface area contributed by atoms with E-state index < -0.39 is 5.60 Å². The summed E-state index contributed by atoms with van der Waals surface area (Å²) in [6.45, 7) is 12.7. The van der Waals surface area contributed by atoms with Crippen LogP contribution < -0.4 is 0 Å². The maximum atomic E-state index is 12.7. The molecule has 1 heterocycles. The van der Waals surface area contributed by atoms with Crippen LogP contribution in [0.15, 0.2) is 48.5 Å². The molecule has 0 saturated carbocycles. The fourth-order valence-corrected chi connectivity index (χ4v) is 5.47. The molecule has 2 aromatic carbocycles. The quantitative estimate of drug-likeness (QED) is 0.475. The molecule has 192 valence electrons. The lowest BCUT2D eigenvalue weighted by atomic mass is 9.71. The average molecular weight is 489 g/mol. The van der Waals surface area contributed by atoms with Crippen molar-refractivity contribution in [3.05, 3.63) is 65.2 Å². The van der Waals surface area contributed by atoms with Gasteiger partial charge in [0.05, 0.1) is 0 Å². The van der Waals surface area contributed by atoms with E-state index in [9.17, 15) is 9.59 Å². The van der Waals surface area contributed by atoms with Crippen LogP contribution in [0.4, 0.5) is 4.79 Å². The number of likely N-dealkylation sites (tertiary alicyclic amines) is 1. The summed E-state index contributed by atoms with van der Waals surface area (Å²) >= 11 is 0. The third kappa shape index (κ3) is 5.66. The second-order valence-electron chi connectivity index (χ2n) is 11.1. The molecule has 2 aromatic rings. The fourth-order valence-electron chi connectivity index (χ4n) is 5.47. The van der Waals surface area contributed by atoms with E-state index in [1.165, 1.54) is 16.7 Å². The number of carbonyl (C=O) groups is 2. The zero-order valence-corrected chi connectivity index (χ0v) is 22.5. The number of benzene rings is 2.